The van der Waals surface area contributed by atoms with Crippen LogP contribution in [0.5, 0.6) is 0 Å². The van der Waals surface area contributed by atoms with Gasteiger partial charge in [0.25, 0.3) is 0 Å². The fourth-order valence-electron chi connectivity index (χ4n) is 2.18. The van der Waals surface area contributed by atoms with Crippen molar-refractivity contribution in [1.82, 2.24) is 9.97 Å². The predicted octanol–water partition coefficient (Wildman–Crippen LogP) is 3.42. The lowest BCUT2D eigenvalue weighted by atomic mass is 10.0. The van der Waals surface area contributed by atoms with Gasteiger partial charge in [-0.15, -0.1) is 0 Å². The van der Waals surface area contributed by atoms with E-state index in [1.165, 1.54) is 0 Å². The van der Waals surface area contributed by atoms with Crippen molar-refractivity contribution >= 4 is 34.0 Å². The number of pyridine rings is 2. The number of benzene rings is 1. The highest BCUT2D eigenvalue weighted by Crippen LogP contribution is 2.32. The van der Waals surface area contributed by atoms with Gasteiger partial charge in [0, 0.05) is 17.1 Å². The zero-order valence-electron chi connectivity index (χ0n) is 10.9. The number of anilines is 2. The van der Waals surface area contributed by atoms with Crippen LogP contribution in [0.4, 0.5) is 11.5 Å². The largest absolute Gasteiger partial charge is 0.397 e. The third-order valence-corrected chi connectivity index (χ3v) is 3.66. The Morgan fingerprint density at radius 3 is 2.65 bits per heavy atom. The Kier molecular flexibility index (Phi) is 2.95. The van der Waals surface area contributed by atoms with Gasteiger partial charge in [-0.2, -0.15) is 0 Å². The molecule has 2 aromatic heterocycles. The summed E-state index contributed by atoms with van der Waals surface area (Å²) in [7, 11) is 0. The molecule has 0 saturated heterocycles. The Balaban J connectivity index is 2.27. The van der Waals surface area contributed by atoms with Crippen LogP contribution in [0.15, 0.2) is 36.7 Å². The summed E-state index contributed by atoms with van der Waals surface area (Å²) in [6.07, 6.45) is 3.23. The number of fused-ring (bicyclic) bond motifs is 1. The quantitative estimate of drug-likeness (QED) is 0.718. The van der Waals surface area contributed by atoms with E-state index in [2.05, 4.69) is 9.97 Å². The van der Waals surface area contributed by atoms with Gasteiger partial charge in [-0.3, -0.25) is 4.98 Å². The van der Waals surface area contributed by atoms with E-state index in [0.29, 0.717) is 16.5 Å². The Bertz CT molecular complexity index is 814. The second-order valence-corrected chi connectivity index (χ2v) is 5.07. The molecule has 1 aromatic carbocycles. The van der Waals surface area contributed by atoms with Crippen LogP contribution in [0.2, 0.25) is 5.02 Å². The third-order valence-electron chi connectivity index (χ3n) is 3.36. The third kappa shape index (κ3) is 2.04. The summed E-state index contributed by atoms with van der Waals surface area (Å²) >= 11 is 6.19. The molecule has 0 atom stereocenters. The van der Waals surface area contributed by atoms with Gasteiger partial charge >= 0.3 is 0 Å². The molecule has 0 spiro atoms. The lowest BCUT2D eigenvalue weighted by Crippen LogP contribution is -1.94. The molecule has 0 saturated carbocycles. The van der Waals surface area contributed by atoms with Crippen LogP contribution in [0.3, 0.4) is 0 Å². The molecule has 0 unspecified atom stereocenters. The van der Waals surface area contributed by atoms with Gasteiger partial charge in [0.15, 0.2) is 0 Å². The lowest BCUT2D eigenvalue weighted by molar-refractivity contribution is 1.33. The average molecular weight is 285 g/mol. The number of aryl methyl sites for hydroxylation is 1. The Hall–Kier alpha value is -2.33. The van der Waals surface area contributed by atoms with E-state index in [1.54, 1.807) is 18.5 Å². The zero-order valence-corrected chi connectivity index (χ0v) is 11.6. The van der Waals surface area contributed by atoms with Gasteiger partial charge in [-0.1, -0.05) is 17.7 Å². The van der Waals surface area contributed by atoms with E-state index in [4.69, 9.17) is 23.1 Å². The molecule has 20 heavy (non-hydrogen) atoms. The summed E-state index contributed by atoms with van der Waals surface area (Å²) in [5, 5.41) is 1.57. The van der Waals surface area contributed by atoms with Crippen molar-refractivity contribution in [3.8, 4) is 11.1 Å². The summed E-state index contributed by atoms with van der Waals surface area (Å²) in [5.41, 5.74) is 16.0. The van der Waals surface area contributed by atoms with Crippen molar-refractivity contribution < 1.29 is 0 Å². The van der Waals surface area contributed by atoms with Gasteiger partial charge in [0.2, 0.25) is 0 Å². The summed E-state index contributed by atoms with van der Waals surface area (Å²) < 4.78 is 0. The molecule has 0 bridgehead atoms. The monoisotopic (exact) mass is 284 g/mol. The SMILES string of the molecule is Cc1c(N)cnc2ccc(-c3cc(N)ncc3Cl)cc12. The molecule has 5 heteroatoms. The number of nitrogen functional groups attached to an aromatic ring is 2. The number of nitrogens with two attached hydrogens (primary N) is 2. The number of hydrogen-bond donors (Lipinski definition) is 2. The zero-order chi connectivity index (χ0) is 14.3. The molecule has 0 radical (unpaired) electrons. The van der Waals surface area contributed by atoms with E-state index in [9.17, 15) is 0 Å². The van der Waals surface area contributed by atoms with Crippen LogP contribution in [-0.4, -0.2) is 9.97 Å². The fraction of sp³-hybridized carbons (Fsp3) is 0.0667. The predicted molar refractivity (Wildman–Crippen MR) is 83.5 cm³/mol. The average Bonchev–Trinajstić information content (AvgIpc) is 2.45. The molecule has 0 aliphatic carbocycles. The maximum absolute atomic E-state index is 6.19. The van der Waals surface area contributed by atoms with Crippen molar-refractivity contribution in [3.63, 3.8) is 0 Å². The highest BCUT2D eigenvalue weighted by molar-refractivity contribution is 6.33. The second-order valence-electron chi connectivity index (χ2n) is 4.66. The van der Waals surface area contributed by atoms with Gasteiger partial charge < -0.3 is 11.5 Å². The van der Waals surface area contributed by atoms with Crippen LogP contribution in [-0.2, 0) is 0 Å². The minimum absolute atomic E-state index is 0.437. The Morgan fingerprint density at radius 2 is 1.85 bits per heavy atom. The van der Waals surface area contributed by atoms with Crippen LogP contribution < -0.4 is 11.5 Å². The molecule has 4 nitrogen and oxygen atoms in total. The topological polar surface area (TPSA) is 77.8 Å². The van der Waals surface area contributed by atoms with Crippen molar-refractivity contribution in [2.75, 3.05) is 11.5 Å². The first-order chi connectivity index (χ1) is 9.56. The molecule has 0 amide bonds. The highest BCUT2D eigenvalue weighted by atomic mass is 35.5. The fourth-order valence-corrected chi connectivity index (χ4v) is 2.40. The highest BCUT2D eigenvalue weighted by Gasteiger charge is 2.08. The second kappa shape index (κ2) is 4.65. The summed E-state index contributed by atoms with van der Waals surface area (Å²) in [4.78, 5) is 8.29. The first kappa shape index (κ1) is 12.7. The van der Waals surface area contributed by atoms with Gasteiger partial charge in [0.1, 0.15) is 5.82 Å². The Morgan fingerprint density at radius 1 is 1.05 bits per heavy atom. The van der Waals surface area contributed by atoms with Crippen LogP contribution in [0.1, 0.15) is 5.56 Å². The molecule has 4 N–H and O–H groups in total. The van der Waals surface area contributed by atoms with Gasteiger partial charge in [-0.25, -0.2) is 4.98 Å². The molecule has 3 rings (SSSR count). The molecule has 2 heterocycles. The van der Waals surface area contributed by atoms with Crippen molar-refractivity contribution in [2.24, 2.45) is 0 Å². The number of nitrogens with zero attached hydrogens (tertiary/aromatic N) is 2. The number of aromatic nitrogens is 2. The summed E-state index contributed by atoms with van der Waals surface area (Å²) in [5.74, 6) is 0.437. The number of halogens is 1. The minimum Gasteiger partial charge on any atom is -0.397 e. The van der Waals surface area contributed by atoms with E-state index in [0.717, 1.165) is 27.6 Å². The maximum atomic E-state index is 6.19. The van der Waals surface area contributed by atoms with Crippen molar-refractivity contribution in [3.05, 3.63) is 47.2 Å². The van der Waals surface area contributed by atoms with E-state index in [1.807, 2.05) is 25.1 Å². The smallest absolute Gasteiger partial charge is 0.124 e. The first-order valence-electron chi connectivity index (χ1n) is 6.12. The van der Waals surface area contributed by atoms with Crippen molar-refractivity contribution in [1.29, 1.82) is 0 Å². The molecule has 3 aromatic rings. The van der Waals surface area contributed by atoms with E-state index < -0.39 is 0 Å². The Labute approximate surface area is 121 Å². The number of rotatable bonds is 1. The van der Waals surface area contributed by atoms with Crippen LogP contribution in [0.25, 0.3) is 22.0 Å². The first-order valence-corrected chi connectivity index (χ1v) is 6.50. The molecular weight excluding hydrogens is 272 g/mol. The molecule has 0 aliphatic rings. The lowest BCUT2D eigenvalue weighted by Gasteiger charge is -2.09. The van der Waals surface area contributed by atoms with Gasteiger partial charge in [-0.05, 0) is 36.2 Å². The normalized spacial score (nSPS) is 10.9. The molecular formula is C15H13ClN4. The molecule has 0 fully saturated rings. The van der Waals surface area contributed by atoms with E-state index >= 15 is 0 Å². The summed E-state index contributed by atoms with van der Waals surface area (Å²) in [6, 6.07) is 7.70. The van der Waals surface area contributed by atoms with Crippen molar-refractivity contribution in [2.45, 2.75) is 6.92 Å². The van der Waals surface area contributed by atoms with Crippen LogP contribution in [0, 0.1) is 6.92 Å². The molecule has 100 valence electrons. The molecule has 0 aliphatic heterocycles. The minimum atomic E-state index is 0.437. The number of hydrogen-bond acceptors (Lipinski definition) is 4. The summed E-state index contributed by atoms with van der Waals surface area (Å²) in [6.45, 7) is 1.98. The van der Waals surface area contributed by atoms with E-state index in [-0.39, 0.29) is 0 Å². The van der Waals surface area contributed by atoms with Crippen LogP contribution >= 0.6 is 11.6 Å². The standard InChI is InChI=1S/C15H13ClN4/c1-8-10-4-9(2-3-14(10)19-7-13(8)17)11-5-15(18)20-6-12(11)16/h2-7H,17H2,1H3,(H2,18,20). The van der Waals surface area contributed by atoms with Gasteiger partial charge in [0.05, 0.1) is 22.4 Å². The maximum Gasteiger partial charge on any atom is 0.124 e.